The van der Waals surface area contributed by atoms with E-state index in [4.69, 9.17) is 4.74 Å². The van der Waals surface area contributed by atoms with Crippen molar-refractivity contribution in [1.82, 2.24) is 15.0 Å². The monoisotopic (exact) mass is 409 g/mol. The van der Waals surface area contributed by atoms with E-state index in [0.717, 1.165) is 11.1 Å². The van der Waals surface area contributed by atoms with Crippen LogP contribution in [0.25, 0.3) is 0 Å². The van der Waals surface area contributed by atoms with Gasteiger partial charge in [0.15, 0.2) is 0 Å². The van der Waals surface area contributed by atoms with Gasteiger partial charge in [-0.25, -0.2) is 0 Å². The third-order valence-electron chi connectivity index (χ3n) is 4.87. The summed E-state index contributed by atoms with van der Waals surface area (Å²) in [5.74, 6) is 1.54. The molecule has 0 bridgehead atoms. The second-order valence-corrected chi connectivity index (χ2v) is 7.02. The van der Waals surface area contributed by atoms with Crippen molar-refractivity contribution in [2.45, 2.75) is 12.8 Å². The van der Waals surface area contributed by atoms with Gasteiger partial charge in [0.1, 0.15) is 11.5 Å². The minimum absolute atomic E-state index is 0.235. The van der Waals surface area contributed by atoms with E-state index in [1.165, 1.54) is 7.11 Å². The van der Waals surface area contributed by atoms with E-state index in [-0.39, 0.29) is 17.5 Å². The van der Waals surface area contributed by atoms with Gasteiger partial charge in [0, 0.05) is 27.2 Å². The van der Waals surface area contributed by atoms with Crippen molar-refractivity contribution in [3.63, 3.8) is 0 Å². The Labute approximate surface area is 176 Å². The zero-order valence-corrected chi connectivity index (χ0v) is 17.5. The third kappa shape index (κ3) is 5.28. The molecular weight excluding hydrogens is 382 g/mol. The van der Waals surface area contributed by atoms with Crippen molar-refractivity contribution in [2.75, 3.05) is 44.1 Å². The second kappa shape index (κ2) is 9.78. The number of phenols is 2. The van der Waals surface area contributed by atoms with Gasteiger partial charge in [-0.15, -0.1) is 0 Å². The number of benzene rings is 2. The summed E-state index contributed by atoms with van der Waals surface area (Å²) >= 11 is 0. The van der Waals surface area contributed by atoms with E-state index < -0.39 is 0 Å². The van der Waals surface area contributed by atoms with Gasteiger partial charge in [-0.05, 0) is 36.1 Å². The van der Waals surface area contributed by atoms with Gasteiger partial charge >= 0.3 is 6.01 Å². The maximum Gasteiger partial charge on any atom is 0.322 e. The molecule has 3 rings (SSSR count). The lowest BCUT2D eigenvalue weighted by Crippen LogP contribution is -2.27. The first-order valence-corrected chi connectivity index (χ1v) is 9.74. The van der Waals surface area contributed by atoms with Gasteiger partial charge in [0.05, 0.1) is 7.11 Å². The van der Waals surface area contributed by atoms with E-state index >= 15 is 0 Å². The van der Waals surface area contributed by atoms with Crippen LogP contribution in [-0.2, 0) is 12.8 Å². The highest BCUT2D eigenvalue weighted by atomic mass is 16.5. The van der Waals surface area contributed by atoms with Crippen LogP contribution in [0.4, 0.5) is 11.9 Å². The van der Waals surface area contributed by atoms with Crippen LogP contribution in [0, 0.1) is 0 Å². The Hall–Kier alpha value is -3.55. The second-order valence-electron chi connectivity index (χ2n) is 7.02. The molecule has 0 amide bonds. The van der Waals surface area contributed by atoms with E-state index in [0.29, 0.717) is 37.8 Å². The molecule has 1 heterocycles. The number of hydrogen-bond donors (Lipinski definition) is 2. The Morgan fingerprint density at radius 3 is 1.57 bits per heavy atom. The average Bonchev–Trinajstić information content (AvgIpc) is 2.77. The van der Waals surface area contributed by atoms with Gasteiger partial charge in [-0.2, -0.15) is 15.0 Å². The fraction of sp³-hybridized carbons (Fsp3) is 0.318. The summed E-state index contributed by atoms with van der Waals surface area (Å²) in [6, 6.07) is 14.8. The summed E-state index contributed by atoms with van der Waals surface area (Å²) in [7, 11) is 5.30. The van der Waals surface area contributed by atoms with Crippen molar-refractivity contribution in [2.24, 2.45) is 0 Å². The topological polar surface area (TPSA) is 94.8 Å². The molecule has 0 spiro atoms. The van der Waals surface area contributed by atoms with Gasteiger partial charge in [-0.3, -0.25) is 0 Å². The van der Waals surface area contributed by atoms with Crippen molar-refractivity contribution >= 4 is 11.9 Å². The first kappa shape index (κ1) is 21.2. The number of hydrogen-bond acceptors (Lipinski definition) is 8. The van der Waals surface area contributed by atoms with Crippen LogP contribution in [0.15, 0.2) is 48.5 Å². The van der Waals surface area contributed by atoms with Crippen LogP contribution in [0.5, 0.6) is 17.5 Å². The van der Waals surface area contributed by atoms with E-state index in [1.54, 1.807) is 24.3 Å². The first-order chi connectivity index (χ1) is 14.5. The quantitative estimate of drug-likeness (QED) is 0.557. The molecule has 0 unspecified atom stereocenters. The molecule has 2 aromatic carbocycles. The summed E-state index contributed by atoms with van der Waals surface area (Å²) in [5, 5.41) is 19.9. The zero-order valence-electron chi connectivity index (χ0n) is 17.5. The minimum atomic E-state index is 0.235. The molecule has 8 nitrogen and oxygen atoms in total. The number of nitrogens with zero attached hydrogens (tertiary/aromatic N) is 5. The Morgan fingerprint density at radius 2 is 1.17 bits per heavy atom. The Morgan fingerprint density at radius 1 is 0.733 bits per heavy atom. The largest absolute Gasteiger partial charge is 0.508 e. The molecule has 0 radical (unpaired) electrons. The maximum absolute atomic E-state index is 9.96. The number of phenolic OH excluding ortho intramolecular Hbond substituents is 2. The highest BCUT2D eigenvalue weighted by Crippen LogP contribution is 2.21. The van der Waals surface area contributed by atoms with Crippen molar-refractivity contribution in [1.29, 1.82) is 0 Å². The molecule has 0 saturated carbocycles. The first-order valence-electron chi connectivity index (χ1n) is 9.74. The molecule has 0 atom stereocenters. The molecular formula is C22H27N5O3. The van der Waals surface area contributed by atoms with E-state index in [9.17, 15) is 10.2 Å². The van der Waals surface area contributed by atoms with E-state index in [1.807, 2.05) is 48.2 Å². The van der Waals surface area contributed by atoms with Crippen LogP contribution in [0.2, 0.25) is 0 Å². The summed E-state index contributed by atoms with van der Waals surface area (Å²) in [4.78, 5) is 17.1. The number of aromatic hydroxyl groups is 2. The molecule has 0 aliphatic rings. The van der Waals surface area contributed by atoms with Crippen LogP contribution in [0.1, 0.15) is 11.1 Å². The predicted octanol–water partition coefficient (Wildman–Crippen LogP) is 2.65. The molecule has 1 aromatic heterocycles. The number of anilines is 2. The summed E-state index contributed by atoms with van der Waals surface area (Å²) < 4.78 is 5.26. The fourth-order valence-corrected chi connectivity index (χ4v) is 2.99. The van der Waals surface area contributed by atoms with E-state index in [2.05, 4.69) is 15.0 Å². The standard InChI is InChI=1S/C22H27N5O3/c1-26(14-12-16-8-4-6-10-18(16)28)20-23-21(25-22(24-20)30-3)27(2)15-13-17-9-5-7-11-19(17)29/h4-11,28-29H,12-15H2,1-3H3. The van der Waals surface area contributed by atoms with Crippen LogP contribution in [0.3, 0.4) is 0 Å². The molecule has 8 heteroatoms. The fourth-order valence-electron chi connectivity index (χ4n) is 2.99. The van der Waals surface area contributed by atoms with Gasteiger partial charge in [0.25, 0.3) is 0 Å². The van der Waals surface area contributed by atoms with Gasteiger partial charge < -0.3 is 24.7 Å². The summed E-state index contributed by atoms with van der Waals surface area (Å²) in [5.41, 5.74) is 1.73. The van der Waals surface area contributed by atoms with Crippen molar-refractivity contribution in [3.05, 3.63) is 59.7 Å². The maximum atomic E-state index is 9.96. The molecule has 158 valence electrons. The predicted molar refractivity (Wildman–Crippen MR) is 117 cm³/mol. The Bertz CT molecular complexity index is 909. The lowest BCUT2D eigenvalue weighted by Gasteiger charge is -2.21. The number of para-hydroxylation sites is 2. The average molecular weight is 409 g/mol. The molecule has 0 fully saturated rings. The molecule has 0 aliphatic carbocycles. The molecule has 0 saturated heterocycles. The smallest absolute Gasteiger partial charge is 0.322 e. The summed E-state index contributed by atoms with van der Waals surface area (Å²) in [6.07, 6.45) is 1.30. The van der Waals surface area contributed by atoms with Gasteiger partial charge in [0.2, 0.25) is 11.9 Å². The Kier molecular flexibility index (Phi) is 6.90. The normalized spacial score (nSPS) is 10.6. The zero-order chi connectivity index (χ0) is 21.5. The molecule has 2 N–H and O–H groups in total. The Balaban J connectivity index is 1.70. The van der Waals surface area contributed by atoms with Crippen LogP contribution >= 0.6 is 0 Å². The number of ether oxygens (including phenoxy) is 1. The number of methoxy groups -OCH3 is 1. The summed E-state index contributed by atoms with van der Waals surface area (Å²) in [6.45, 7) is 1.23. The van der Waals surface area contributed by atoms with Crippen molar-refractivity contribution < 1.29 is 14.9 Å². The number of rotatable bonds is 9. The highest BCUT2D eigenvalue weighted by Gasteiger charge is 2.15. The highest BCUT2D eigenvalue weighted by molar-refractivity contribution is 5.41. The van der Waals surface area contributed by atoms with Crippen LogP contribution < -0.4 is 14.5 Å². The lowest BCUT2D eigenvalue weighted by molar-refractivity contribution is 0.378. The van der Waals surface area contributed by atoms with Crippen LogP contribution in [-0.4, -0.2) is 59.5 Å². The minimum Gasteiger partial charge on any atom is -0.508 e. The SMILES string of the molecule is COc1nc(N(C)CCc2ccccc2O)nc(N(C)CCc2ccccc2O)n1. The lowest BCUT2D eigenvalue weighted by atomic mass is 10.1. The number of aromatic nitrogens is 3. The molecule has 30 heavy (non-hydrogen) atoms. The molecule has 3 aromatic rings. The van der Waals surface area contributed by atoms with Gasteiger partial charge in [-0.1, -0.05) is 36.4 Å². The third-order valence-corrected chi connectivity index (χ3v) is 4.87. The number of likely N-dealkylation sites (N-methyl/N-ethyl adjacent to an activating group) is 2. The van der Waals surface area contributed by atoms with Crippen molar-refractivity contribution in [3.8, 4) is 17.5 Å². The molecule has 0 aliphatic heterocycles.